The van der Waals surface area contributed by atoms with Gasteiger partial charge in [-0.05, 0) is 19.9 Å². The van der Waals surface area contributed by atoms with Gasteiger partial charge in [0.15, 0.2) is 0 Å². The van der Waals surface area contributed by atoms with Crippen LogP contribution >= 0.6 is 7.60 Å². The van der Waals surface area contributed by atoms with Crippen LogP contribution in [0, 0.1) is 0 Å². The topological polar surface area (TPSA) is 35.5 Å². The predicted octanol–water partition coefficient (Wildman–Crippen LogP) is 3.52. The molecule has 0 unspecified atom stereocenters. The van der Waals surface area contributed by atoms with Crippen molar-refractivity contribution in [2.45, 2.75) is 20.3 Å². The molecule has 96 valence electrons. The van der Waals surface area contributed by atoms with Crippen LogP contribution in [0.5, 0.6) is 0 Å². The van der Waals surface area contributed by atoms with Crippen LogP contribution in [-0.4, -0.2) is 13.2 Å². The van der Waals surface area contributed by atoms with Crippen molar-refractivity contribution in [2.75, 3.05) is 13.2 Å². The Morgan fingerprint density at radius 1 is 1.18 bits per heavy atom. The third-order valence-electron chi connectivity index (χ3n) is 2.07. The highest BCUT2D eigenvalue weighted by atomic mass is 31.2. The average molecular weight is 264 g/mol. The molecule has 0 N–H and O–H groups in total. The highest BCUT2D eigenvalue weighted by Gasteiger charge is 2.31. The van der Waals surface area contributed by atoms with E-state index in [1.807, 2.05) is 0 Å². The lowest BCUT2D eigenvalue weighted by atomic mass is 10.2. The molecule has 0 amide bonds. The molecule has 6 heteroatoms. The fourth-order valence-corrected chi connectivity index (χ4v) is 3.23. The van der Waals surface area contributed by atoms with Crippen molar-refractivity contribution in [1.82, 2.24) is 0 Å². The molecule has 0 spiro atoms. The Kier molecular flexibility index (Phi) is 5.25. The fraction of sp³-hybridized carbons (Fsp3) is 0.455. The zero-order chi connectivity index (χ0) is 12.9. The predicted molar refractivity (Wildman–Crippen MR) is 61.9 cm³/mol. The lowest BCUT2D eigenvalue weighted by Gasteiger charge is -2.19. The molecule has 3 nitrogen and oxygen atoms in total. The van der Waals surface area contributed by atoms with Crippen LogP contribution in [0.2, 0.25) is 0 Å². The molecule has 1 aromatic carbocycles. The highest BCUT2D eigenvalue weighted by Crippen LogP contribution is 2.48. The Bertz CT molecular complexity index is 399. The smallest absolute Gasteiger partial charge is 0.305 e. The standard InChI is InChI=1S/C11H15F2O3P/c1-3-15-17(14,16-4-2)10-8-6-5-7-9(10)11(12)13/h5-8,11H,3-4H2,1-2H3. The molecular weight excluding hydrogens is 249 g/mol. The Morgan fingerprint density at radius 3 is 2.18 bits per heavy atom. The van der Waals surface area contributed by atoms with Gasteiger partial charge in [0, 0.05) is 5.56 Å². The van der Waals surface area contributed by atoms with Gasteiger partial charge in [-0.3, -0.25) is 4.57 Å². The molecule has 0 fully saturated rings. The molecule has 0 heterocycles. The molecule has 17 heavy (non-hydrogen) atoms. The summed E-state index contributed by atoms with van der Waals surface area (Å²) >= 11 is 0. The summed E-state index contributed by atoms with van der Waals surface area (Å²) in [4.78, 5) is 0. The van der Waals surface area contributed by atoms with Crippen molar-refractivity contribution in [1.29, 1.82) is 0 Å². The van der Waals surface area contributed by atoms with Gasteiger partial charge in [0.1, 0.15) is 0 Å². The number of hydrogen-bond acceptors (Lipinski definition) is 3. The van der Waals surface area contributed by atoms with Crippen LogP contribution in [0.1, 0.15) is 25.8 Å². The summed E-state index contributed by atoms with van der Waals surface area (Å²) in [6, 6.07) is 5.58. The first kappa shape index (κ1) is 14.3. The van der Waals surface area contributed by atoms with E-state index in [-0.39, 0.29) is 24.1 Å². The second-order valence-electron chi connectivity index (χ2n) is 3.19. The number of halogens is 2. The van der Waals surface area contributed by atoms with Crippen molar-refractivity contribution >= 4 is 12.9 Å². The lowest BCUT2D eigenvalue weighted by molar-refractivity contribution is 0.151. The van der Waals surface area contributed by atoms with Crippen LogP contribution in [0.15, 0.2) is 24.3 Å². The molecule has 0 aliphatic rings. The third-order valence-corrected chi connectivity index (χ3v) is 4.26. The maximum absolute atomic E-state index is 12.8. The third kappa shape index (κ3) is 3.35. The first-order valence-electron chi connectivity index (χ1n) is 5.32. The van der Waals surface area contributed by atoms with Crippen molar-refractivity contribution in [2.24, 2.45) is 0 Å². The van der Waals surface area contributed by atoms with Crippen molar-refractivity contribution in [3.05, 3.63) is 29.8 Å². The maximum atomic E-state index is 12.8. The molecule has 0 radical (unpaired) electrons. The molecule has 0 aliphatic carbocycles. The van der Waals surface area contributed by atoms with E-state index in [9.17, 15) is 13.3 Å². The van der Waals surface area contributed by atoms with Gasteiger partial charge in [-0.1, -0.05) is 18.2 Å². The summed E-state index contributed by atoms with van der Waals surface area (Å²) in [5.41, 5.74) is -0.308. The first-order chi connectivity index (χ1) is 8.05. The van der Waals surface area contributed by atoms with E-state index in [4.69, 9.17) is 9.05 Å². The molecule has 0 saturated carbocycles. The number of benzene rings is 1. The zero-order valence-electron chi connectivity index (χ0n) is 9.73. The number of hydrogen-bond donors (Lipinski definition) is 0. The van der Waals surface area contributed by atoms with E-state index in [0.29, 0.717) is 0 Å². The zero-order valence-corrected chi connectivity index (χ0v) is 10.6. The van der Waals surface area contributed by atoms with E-state index >= 15 is 0 Å². The Morgan fingerprint density at radius 2 is 1.71 bits per heavy atom. The molecule has 1 rings (SSSR count). The largest absolute Gasteiger partial charge is 0.361 e. The van der Waals surface area contributed by atoms with E-state index in [1.165, 1.54) is 24.3 Å². The van der Waals surface area contributed by atoms with Crippen LogP contribution in [-0.2, 0) is 13.6 Å². The SMILES string of the molecule is CCOP(=O)(OCC)c1ccccc1C(F)F. The van der Waals surface area contributed by atoms with Gasteiger partial charge < -0.3 is 9.05 Å². The minimum atomic E-state index is -3.64. The monoisotopic (exact) mass is 264 g/mol. The minimum Gasteiger partial charge on any atom is -0.305 e. The fourth-order valence-electron chi connectivity index (χ4n) is 1.44. The van der Waals surface area contributed by atoms with Gasteiger partial charge >= 0.3 is 7.60 Å². The summed E-state index contributed by atoms with van der Waals surface area (Å²) in [6.45, 7) is 3.54. The molecule has 0 aromatic heterocycles. The van der Waals surface area contributed by atoms with Crippen LogP contribution in [0.3, 0.4) is 0 Å². The number of alkyl halides is 2. The van der Waals surface area contributed by atoms with Crippen LogP contribution in [0.4, 0.5) is 8.78 Å². The molecule has 0 saturated heterocycles. The Labute approximate surface area is 99.3 Å². The summed E-state index contributed by atoms with van der Waals surface area (Å²) in [5, 5.41) is -0.0568. The van der Waals surface area contributed by atoms with E-state index < -0.39 is 14.0 Å². The Balaban J connectivity index is 3.23. The maximum Gasteiger partial charge on any atom is 0.361 e. The molecule has 0 aliphatic heterocycles. The van der Waals surface area contributed by atoms with Gasteiger partial charge in [0.2, 0.25) is 0 Å². The van der Waals surface area contributed by atoms with Crippen LogP contribution < -0.4 is 5.30 Å². The second kappa shape index (κ2) is 6.24. The van der Waals surface area contributed by atoms with Crippen molar-refractivity contribution < 1.29 is 22.4 Å². The van der Waals surface area contributed by atoms with Crippen molar-refractivity contribution in [3.63, 3.8) is 0 Å². The van der Waals surface area contributed by atoms with E-state index in [0.717, 1.165) is 0 Å². The van der Waals surface area contributed by atoms with Crippen LogP contribution in [0.25, 0.3) is 0 Å². The van der Waals surface area contributed by atoms with Gasteiger partial charge in [-0.25, -0.2) is 8.78 Å². The highest BCUT2D eigenvalue weighted by molar-refractivity contribution is 7.62. The lowest BCUT2D eigenvalue weighted by Crippen LogP contribution is -2.15. The van der Waals surface area contributed by atoms with Gasteiger partial charge in [0.25, 0.3) is 6.43 Å². The minimum absolute atomic E-state index is 0.0568. The molecule has 0 atom stereocenters. The van der Waals surface area contributed by atoms with Crippen molar-refractivity contribution in [3.8, 4) is 0 Å². The summed E-state index contributed by atoms with van der Waals surface area (Å²) in [7, 11) is -3.64. The summed E-state index contributed by atoms with van der Waals surface area (Å²) in [6.07, 6.45) is -2.71. The quantitative estimate of drug-likeness (QED) is 0.737. The number of rotatable bonds is 6. The second-order valence-corrected chi connectivity index (χ2v) is 5.19. The molecule has 0 bridgehead atoms. The van der Waals surface area contributed by atoms with E-state index in [2.05, 4.69) is 0 Å². The normalized spacial score (nSPS) is 12.1. The Hall–Kier alpha value is -0.770. The first-order valence-corrected chi connectivity index (χ1v) is 6.86. The molecule has 1 aromatic rings. The van der Waals surface area contributed by atoms with E-state index in [1.54, 1.807) is 13.8 Å². The average Bonchev–Trinajstić information content (AvgIpc) is 2.29. The van der Waals surface area contributed by atoms with Gasteiger partial charge in [0.05, 0.1) is 18.5 Å². The van der Waals surface area contributed by atoms with Gasteiger partial charge in [-0.2, -0.15) is 0 Å². The van der Waals surface area contributed by atoms with Gasteiger partial charge in [-0.15, -0.1) is 0 Å². The molecular formula is C11H15F2O3P. The summed E-state index contributed by atoms with van der Waals surface area (Å²) < 4.78 is 48.1. The summed E-state index contributed by atoms with van der Waals surface area (Å²) in [5.74, 6) is 0.